The van der Waals surface area contributed by atoms with Crippen molar-refractivity contribution in [2.75, 3.05) is 0 Å². The lowest BCUT2D eigenvalue weighted by Crippen LogP contribution is -2.56. The summed E-state index contributed by atoms with van der Waals surface area (Å²) >= 11 is 0. The second kappa shape index (κ2) is 11.1. The predicted molar refractivity (Wildman–Crippen MR) is 155 cm³/mol. The van der Waals surface area contributed by atoms with E-state index in [1.165, 1.54) is 64.2 Å². The lowest BCUT2D eigenvalue weighted by molar-refractivity contribution is -0.253. The molecule has 0 spiro atoms. The molecule has 4 aliphatic carbocycles. The van der Waals surface area contributed by atoms with Crippen LogP contribution in [0.25, 0.3) is 0 Å². The zero-order valence-corrected chi connectivity index (χ0v) is 26.1. The van der Waals surface area contributed by atoms with E-state index in [0.717, 1.165) is 48.3 Å². The zero-order chi connectivity index (χ0) is 28.3. The molecule has 5 rings (SSSR count). The van der Waals surface area contributed by atoms with E-state index in [4.69, 9.17) is 9.47 Å². The number of ether oxygens (including phenoxy) is 2. The molecule has 0 aromatic heterocycles. The van der Waals surface area contributed by atoms with Crippen molar-refractivity contribution in [2.24, 2.45) is 52.3 Å². The van der Waals surface area contributed by atoms with Gasteiger partial charge in [0.25, 0.3) is 0 Å². The topological polar surface area (TPSA) is 79.2 Å². The van der Waals surface area contributed by atoms with Gasteiger partial charge in [0.1, 0.15) is 18.3 Å². The summed E-state index contributed by atoms with van der Waals surface area (Å²) in [4.78, 5) is 0. The summed E-state index contributed by atoms with van der Waals surface area (Å²) < 4.78 is 12.3. The Kier molecular flexibility index (Phi) is 8.64. The molecule has 14 atom stereocenters. The molecule has 0 amide bonds. The molecule has 0 unspecified atom stereocenters. The van der Waals surface area contributed by atoms with Crippen LogP contribution in [0.4, 0.5) is 0 Å². The van der Waals surface area contributed by atoms with Crippen LogP contribution in [0.2, 0.25) is 0 Å². The van der Waals surface area contributed by atoms with Gasteiger partial charge < -0.3 is 24.8 Å². The number of aliphatic hydroxyl groups excluding tert-OH is 3. The molecule has 1 heterocycles. The summed E-state index contributed by atoms with van der Waals surface area (Å²) in [6, 6.07) is 0. The fourth-order valence-electron chi connectivity index (χ4n) is 11.0. The van der Waals surface area contributed by atoms with Gasteiger partial charge in [-0.2, -0.15) is 0 Å². The van der Waals surface area contributed by atoms with E-state index in [1.807, 2.05) is 0 Å². The van der Waals surface area contributed by atoms with Crippen LogP contribution in [0, 0.1) is 52.3 Å². The van der Waals surface area contributed by atoms with E-state index in [1.54, 1.807) is 6.92 Å². The van der Waals surface area contributed by atoms with Gasteiger partial charge in [-0.15, -0.1) is 0 Å². The van der Waals surface area contributed by atoms with Gasteiger partial charge in [-0.05, 0) is 124 Å². The molecule has 5 aliphatic rings. The van der Waals surface area contributed by atoms with Crippen LogP contribution in [0.5, 0.6) is 0 Å². The SMILES string of the molecule is CC(C)CCC[C@@H](C)[C@H]1CC[C@H]2[C@@H]3CC[C@H]4C[C@](C)(O[C@@H]5O[C@@H]([C@@H](C)O)[C@H](O)[C@H]5O)CC[C@]4(C)[C@H]3CC[C@]12C. The van der Waals surface area contributed by atoms with E-state index in [2.05, 4.69) is 41.5 Å². The van der Waals surface area contributed by atoms with Crippen LogP contribution in [0.1, 0.15) is 126 Å². The quantitative estimate of drug-likeness (QED) is 0.314. The number of fused-ring (bicyclic) bond motifs is 5. The largest absolute Gasteiger partial charge is 0.391 e. The van der Waals surface area contributed by atoms with Crippen LogP contribution in [0.15, 0.2) is 0 Å². The number of hydrogen-bond acceptors (Lipinski definition) is 5. The maximum Gasteiger partial charge on any atom is 0.187 e. The fourth-order valence-corrected chi connectivity index (χ4v) is 11.0. The highest BCUT2D eigenvalue weighted by Crippen LogP contribution is 2.69. The van der Waals surface area contributed by atoms with Gasteiger partial charge in [-0.3, -0.25) is 0 Å². The summed E-state index contributed by atoms with van der Waals surface area (Å²) in [5.41, 5.74) is 0.527. The first-order valence-corrected chi connectivity index (χ1v) is 16.7. The molecule has 5 nitrogen and oxygen atoms in total. The minimum Gasteiger partial charge on any atom is -0.391 e. The third-order valence-corrected chi connectivity index (χ3v) is 13.3. The Morgan fingerprint density at radius 2 is 1.54 bits per heavy atom. The van der Waals surface area contributed by atoms with Crippen molar-refractivity contribution >= 4 is 0 Å². The Morgan fingerprint density at radius 3 is 2.21 bits per heavy atom. The second-order valence-electron chi connectivity index (χ2n) is 16.2. The Morgan fingerprint density at radius 1 is 0.821 bits per heavy atom. The van der Waals surface area contributed by atoms with Gasteiger partial charge in [0.15, 0.2) is 6.29 Å². The molecule has 0 aromatic carbocycles. The van der Waals surface area contributed by atoms with Crippen molar-refractivity contribution in [1.29, 1.82) is 0 Å². The molecule has 39 heavy (non-hydrogen) atoms. The summed E-state index contributed by atoms with van der Waals surface area (Å²) in [5, 5.41) is 30.9. The second-order valence-corrected chi connectivity index (χ2v) is 16.2. The normalized spacial score (nSPS) is 51.3. The molecular formula is C34H60O5. The first-order valence-electron chi connectivity index (χ1n) is 16.7. The predicted octanol–water partition coefficient (Wildman–Crippen LogP) is 6.71. The van der Waals surface area contributed by atoms with E-state index in [0.29, 0.717) is 16.7 Å². The standard InChI is InChI=1S/C34H60O5/c1-20(2)9-8-10-21(3)25-13-14-26-24-12-11-23-19-32(5,39-31-29(37)28(36)30(38-31)22(4)35)17-18-33(23,6)27(24)15-16-34(25,26)7/h20-31,35-37H,8-19H2,1-7H3/t21-,22-,23+,24+,25-,26+,27+,28-,29-,30+,31+,32-,33+,34-/m1/s1. The molecule has 226 valence electrons. The van der Waals surface area contributed by atoms with Gasteiger partial charge in [0, 0.05) is 0 Å². The van der Waals surface area contributed by atoms with E-state index in [-0.39, 0.29) is 5.60 Å². The fraction of sp³-hybridized carbons (Fsp3) is 1.00. The van der Waals surface area contributed by atoms with Gasteiger partial charge in [-0.1, -0.05) is 53.9 Å². The number of rotatable bonds is 8. The lowest BCUT2D eigenvalue weighted by Gasteiger charge is -2.62. The molecule has 1 aliphatic heterocycles. The molecular weight excluding hydrogens is 488 g/mol. The van der Waals surface area contributed by atoms with Crippen molar-refractivity contribution in [3.8, 4) is 0 Å². The first-order chi connectivity index (χ1) is 18.3. The Labute approximate surface area is 238 Å². The molecule has 5 fully saturated rings. The Hall–Kier alpha value is -0.200. The van der Waals surface area contributed by atoms with Crippen molar-refractivity contribution in [2.45, 2.75) is 162 Å². The smallest absolute Gasteiger partial charge is 0.187 e. The average molecular weight is 549 g/mol. The first kappa shape index (κ1) is 30.3. The molecule has 0 bridgehead atoms. The molecule has 0 radical (unpaired) electrons. The van der Waals surface area contributed by atoms with Crippen LogP contribution < -0.4 is 0 Å². The number of hydrogen-bond donors (Lipinski definition) is 3. The zero-order valence-electron chi connectivity index (χ0n) is 26.1. The highest BCUT2D eigenvalue weighted by atomic mass is 16.7. The summed E-state index contributed by atoms with van der Waals surface area (Å²) in [6.07, 6.45) is 10.9. The van der Waals surface area contributed by atoms with Gasteiger partial charge >= 0.3 is 0 Å². The lowest BCUT2D eigenvalue weighted by atomic mass is 9.43. The van der Waals surface area contributed by atoms with Crippen molar-refractivity contribution in [1.82, 2.24) is 0 Å². The maximum atomic E-state index is 10.6. The molecule has 0 aromatic rings. The van der Waals surface area contributed by atoms with Gasteiger partial charge in [0.2, 0.25) is 0 Å². The minimum atomic E-state index is -1.12. The van der Waals surface area contributed by atoms with Gasteiger partial charge in [0.05, 0.1) is 11.7 Å². The molecule has 5 heteroatoms. The van der Waals surface area contributed by atoms with E-state index >= 15 is 0 Å². The molecule has 3 N–H and O–H groups in total. The van der Waals surface area contributed by atoms with Crippen LogP contribution in [0.3, 0.4) is 0 Å². The highest BCUT2D eigenvalue weighted by molar-refractivity contribution is 5.11. The van der Waals surface area contributed by atoms with Crippen LogP contribution in [-0.2, 0) is 9.47 Å². The van der Waals surface area contributed by atoms with E-state index < -0.39 is 30.7 Å². The third kappa shape index (κ3) is 5.39. The molecule has 1 saturated heterocycles. The Balaban J connectivity index is 1.23. The monoisotopic (exact) mass is 548 g/mol. The maximum absolute atomic E-state index is 10.6. The van der Waals surface area contributed by atoms with Crippen molar-refractivity contribution in [3.05, 3.63) is 0 Å². The summed E-state index contributed by atoms with van der Waals surface area (Å²) in [7, 11) is 0. The average Bonchev–Trinajstić information content (AvgIpc) is 3.36. The molecule has 4 saturated carbocycles. The minimum absolute atomic E-state index is 0.366. The van der Waals surface area contributed by atoms with Crippen molar-refractivity contribution < 1.29 is 24.8 Å². The summed E-state index contributed by atoms with van der Waals surface area (Å²) in [5.74, 6) is 5.82. The third-order valence-electron chi connectivity index (χ3n) is 13.3. The van der Waals surface area contributed by atoms with Crippen LogP contribution in [-0.4, -0.2) is 51.6 Å². The van der Waals surface area contributed by atoms with Crippen LogP contribution >= 0.6 is 0 Å². The number of aliphatic hydroxyl groups is 3. The highest BCUT2D eigenvalue weighted by Gasteiger charge is 2.62. The van der Waals surface area contributed by atoms with E-state index in [9.17, 15) is 15.3 Å². The van der Waals surface area contributed by atoms with Gasteiger partial charge in [-0.25, -0.2) is 0 Å². The Bertz CT molecular complexity index is 845. The van der Waals surface area contributed by atoms with Crippen molar-refractivity contribution in [3.63, 3.8) is 0 Å². The summed E-state index contributed by atoms with van der Waals surface area (Å²) in [6.45, 7) is 16.3.